The number of nitrogens with zero attached hydrogens (tertiary/aromatic N) is 3. The number of benzene rings is 2. The third-order valence-corrected chi connectivity index (χ3v) is 4.59. The smallest absolute Gasteiger partial charge is 0.270 e. The minimum atomic E-state index is -0.820. The molecule has 0 radical (unpaired) electrons. The summed E-state index contributed by atoms with van der Waals surface area (Å²) in [5, 5.41) is 22.6. The number of aromatic nitrogens is 1. The molecule has 0 fully saturated rings. The van der Waals surface area contributed by atoms with Crippen molar-refractivity contribution in [3.8, 4) is 6.07 Å². The molecule has 1 amide bonds. The number of amides is 1. The van der Waals surface area contributed by atoms with Crippen molar-refractivity contribution >= 4 is 28.9 Å². The van der Waals surface area contributed by atoms with E-state index in [2.05, 4.69) is 5.32 Å². The Hall–Kier alpha value is -4.03. The van der Waals surface area contributed by atoms with Gasteiger partial charge in [0.15, 0.2) is 0 Å². The fourth-order valence-electron chi connectivity index (χ4n) is 2.72. The summed E-state index contributed by atoms with van der Waals surface area (Å²) in [5.41, 5.74) is -1.29. The lowest BCUT2D eigenvalue weighted by molar-refractivity contribution is -0.384. The van der Waals surface area contributed by atoms with Gasteiger partial charge in [0.05, 0.1) is 22.7 Å². The largest absolute Gasteiger partial charge is 0.321 e. The van der Waals surface area contributed by atoms with Crippen LogP contribution < -0.4 is 10.9 Å². The van der Waals surface area contributed by atoms with E-state index in [1.807, 2.05) is 0 Å². The molecule has 150 valence electrons. The maximum absolute atomic E-state index is 14.0. The number of nitriles is 1. The zero-order valence-corrected chi connectivity index (χ0v) is 15.9. The predicted octanol–water partition coefficient (Wildman–Crippen LogP) is 3.72. The van der Waals surface area contributed by atoms with Crippen LogP contribution in [0.1, 0.15) is 21.5 Å². The SMILES string of the molecule is N#Cc1cc([N+](=O)[O-])ccc1NC(=O)c1cccn(Cc2c(F)cccc2Cl)c1=O. The highest BCUT2D eigenvalue weighted by molar-refractivity contribution is 6.31. The molecule has 0 aliphatic heterocycles. The third kappa shape index (κ3) is 4.19. The van der Waals surface area contributed by atoms with Gasteiger partial charge in [0.25, 0.3) is 17.2 Å². The lowest BCUT2D eigenvalue weighted by Crippen LogP contribution is -2.29. The topological polar surface area (TPSA) is 118 Å². The number of hydrogen-bond donors (Lipinski definition) is 1. The van der Waals surface area contributed by atoms with Gasteiger partial charge in [-0.1, -0.05) is 17.7 Å². The first-order valence-corrected chi connectivity index (χ1v) is 8.82. The van der Waals surface area contributed by atoms with Gasteiger partial charge in [-0.15, -0.1) is 0 Å². The van der Waals surface area contributed by atoms with Crippen molar-refractivity contribution in [3.63, 3.8) is 0 Å². The fourth-order valence-corrected chi connectivity index (χ4v) is 2.95. The first-order valence-electron chi connectivity index (χ1n) is 8.44. The van der Waals surface area contributed by atoms with Gasteiger partial charge in [-0.3, -0.25) is 19.7 Å². The zero-order valence-electron chi connectivity index (χ0n) is 15.1. The average molecular weight is 427 g/mol. The summed E-state index contributed by atoms with van der Waals surface area (Å²) < 4.78 is 15.2. The highest BCUT2D eigenvalue weighted by atomic mass is 35.5. The number of nitro benzene ring substituents is 1. The summed E-state index contributed by atoms with van der Waals surface area (Å²) in [6, 6.07) is 11.9. The molecule has 0 saturated carbocycles. The molecule has 3 aromatic rings. The van der Waals surface area contributed by atoms with Gasteiger partial charge in [-0.25, -0.2) is 4.39 Å². The van der Waals surface area contributed by atoms with Gasteiger partial charge in [0.2, 0.25) is 0 Å². The number of pyridine rings is 1. The Morgan fingerprint density at radius 2 is 2.03 bits per heavy atom. The third-order valence-electron chi connectivity index (χ3n) is 4.24. The molecule has 1 aromatic heterocycles. The average Bonchev–Trinajstić information content (AvgIpc) is 2.72. The number of halogens is 2. The van der Waals surface area contributed by atoms with Crippen LogP contribution in [0.25, 0.3) is 0 Å². The second kappa shape index (κ2) is 8.55. The van der Waals surface area contributed by atoms with Crippen LogP contribution in [0.5, 0.6) is 0 Å². The summed E-state index contributed by atoms with van der Waals surface area (Å²) in [5.74, 6) is -1.41. The predicted molar refractivity (Wildman–Crippen MR) is 107 cm³/mol. The molecule has 10 heteroatoms. The molecule has 0 aliphatic rings. The Morgan fingerprint density at radius 1 is 1.27 bits per heavy atom. The molecule has 30 heavy (non-hydrogen) atoms. The number of carbonyl (C=O) groups excluding carboxylic acids is 1. The van der Waals surface area contributed by atoms with Crippen molar-refractivity contribution in [1.29, 1.82) is 5.26 Å². The number of nitro groups is 1. The first-order chi connectivity index (χ1) is 14.3. The van der Waals surface area contributed by atoms with Crippen LogP contribution in [0.3, 0.4) is 0 Å². The molecule has 0 saturated heterocycles. The van der Waals surface area contributed by atoms with Gasteiger partial charge in [-0.05, 0) is 30.3 Å². The van der Waals surface area contributed by atoms with Crippen molar-refractivity contribution in [2.45, 2.75) is 6.54 Å². The Labute approximate surface area is 173 Å². The van der Waals surface area contributed by atoms with E-state index in [1.165, 1.54) is 42.6 Å². The van der Waals surface area contributed by atoms with E-state index in [9.17, 15) is 29.4 Å². The van der Waals surface area contributed by atoms with E-state index in [0.29, 0.717) is 0 Å². The number of carbonyl (C=O) groups is 1. The molecule has 0 spiro atoms. The molecular formula is C20H12ClFN4O4. The van der Waals surface area contributed by atoms with Crippen LogP contribution in [0, 0.1) is 27.3 Å². The van der Waals surface area contributed by atoms with Crippen LogP contribution in [0.15, 0.2) is 59.5 Å². The standard InChI is InChI=1S/C20H12ClFN4O4/c21-16-4-1-5-17(22)15(16)11-25-8-2-3-14(20(25)28)19(27)24-18-7-6-13(26(29)30)9-12(18)10-23/h1-9H,11H2,(H,24,27). The van der Waals surface area contributed by atoms with E-state index < -0.39 is 22.2 Å². The number of non-ortho nitro benzene ring substituents is 1. The number of rotatable bonds is 5. The lowest BCUT2D eigenvalue weighted by atomic mass is 10.1. The molecule has 2 aromatic carbocycles. The van der Waals surface area contributed by atoms with Gasteiger partial charge >= 0.3 is 0 Å². The van der Waals surface area contributed by atoms with Crippen LogP contribution in [-0.4, -0.2) is 15.4 Å². The van der Waals surface area contributed by atoms with Crippen LogP contribution >= 0.6 is 11.6 Å². The monoisotopic (exact) mass is 426 g/mol. The highest BCUT2D eigenvalue weighted by Gasteiger charge is 2.17. The highest BCUT2D eigenvalue weighted by Crippen LogP contribution is 2.22. The Bertz CT molecular complexity index is 1250. The quantitative estimate of drug-likeness (QED) is 0.492. The second-order valence-electron chi connectivity index (χ2n) is 6.11. The molecule has 0 aliphatic carbocycles. The number of nitrogens with one attached hydrogen (secondary N) is 1. The molecule has 0 atom stereocenters. The van der Waals surface area contributed by atoms with E-state index in [0.717, 1.165) is 16.7 Å². The van der Waals surface area contributed by atoms with Gasteiger partial charge in [0.1, 0.15) is 17.4 Å². The Kier molecular flexibility index (Phi) is 5.90. The normalized spacial score (nSPS) is 10.3. The Balaban J connectivity index is 1.92. The maximum Gasteiger partial charge on any atom is 0.270 e. The fraction of sp³-hybridized carbons (Fsp3) is 0.0500. The Morgan fingerprint density at radius 3 is 2.70 bits per heavy atom. The number of anilines is 1. The number of hydrogen-bond acceptors (Lipinski definition) is 5. The zero-order chi connectivity index (χ0) is 21.8. The maximum atomic E-state index is 14.0. The summed E-state index contributed by atoms with van der Waals surface area (Å²) in [4.78, 5) is 35.5. The summed E-state index contributed by atoms with van der Waals surface area (Å²) in [6.07, 6.45) is 1.38. The van der Waals surface area contributed by atoms with Crippen molar-refractivity contribution < 1.29 is 14.1 Å². The molecule has 1 N–H and O–H groups in total. The van der Waals surface area contributed by atoms with Crippen LogP contribution in [0.2, 0.25) is 5.02 Å². The lowest BCUT2D eigenvalue weighted by Gasteiger charge is -2.11. The minimum absolute atomic E-state index is 0.0139. The van der Waals surface area contributed by atoms with Gasteiger partial charge in [-0.2, -0.15) is 5.26 Å². The molecule has 8 nitrogen and oxygen atoms in total. The second-order valence-corrected chi connectivity index (χ2v) is 6.52. The summed E-state index contributed by atoms with van der Waals surface area (Å²) in [7, 11) is 0. The van der Waals surface area contributed by atoms with Gasteiger partial charge < -0.3 is 9.88 Å². The molecule has 1 heterocycles. The van der Waals surface area contributed by atoms with Gasteiger partial charge in [0, 0.05) is 28.9 Å². The minimum Gasteiger partial charge on any atom is -0.321 e. The van der Waals surface area contributed by atoms with Crippen LogP contribution in [0.4, 0.5) is 15.8 Å². The van der Waals surface area contributed by atoms with Crippen molar-refractivity contribution in [2.75, 3.05) is 5.32 Å². The molecular weight excluding hydrogens is 415 g/mol. The van der Waals surface area contributed by atoms with E-state index >= 15 is 0 Å². The molecule has 0 unspecified atom stereocenters. The van der Waals surface area contributed by atoms with Crippen molar-refractivity contribution in [2.24, 2.45) is 0 Å². The summed E-state index contributed by atoms with van der Waals surface area (Å²) >= 11 is 6.00. The first kappa shape index (κ1) is 20.7. The van der Waals surface area contributed by atoms with E-state index in [-0.39, 0.29) is 39.6 Å². The summed E-state index contributed by atoms with van der Waals surface area (Å²) in [6.45, 7) is -0.188. The van der Waals surface area contributed by atoms with Crippen molar-refractivity contribution in [3.05, 3.63) is 103 Å². The molecule has 3 rings (SSSR count). The van der Waals surface area contributed by atoms with Crippen LogP contribution in [-0.2, 0) is 6.54 Å². The van der Waals surface area contributed by atoms with Crippen molar-refractivity contribution in [1.82, 2.24) is 4.57 Å². The van der Waals surface area contributed by atoms with E-state index in [4.69, 9.17) is 11.6 Å². The molecule has 0 bridgehead atoms. The van der Waals surface area contributed by atoms with E-state index in [1.54, 1.807) is 6.07 Å².